The van der Waals surface area contributed by atoms with Crippen LogP contribution in [0.25, 0.3) is 0 Å². The van der Waals surface area contributed by atoms with Gasteiger partial charge in [0.1, 0.15) is 0 Å². The molecule has 1 aliphatic rings. The lowest BCUT2D eigenvalue weighted by atomic mass is 9.79. The lowest BCUT2D eigenvalue weighted by molar-refractivity contribution is 0.269. The van der Waals surface area contributed by atoms with E-state index in [1.165, 1.54) is 32.1 Å². The first-order valence-corrected chi connectivity index (χ1v) is 5.39. The Morgan fingerprint density at radius 1 is 1.42 bits per heavy atom. The lowest BCUT2D eigenvalue weighted by Crippen LogP contribution is -2.21. The Morgan fingerprint density at radius 2 is 2.00 bits per heavy atom. The highest BCUT2D eigenvalue weighted by atomic mass is 32.1. The molecule has 2 N–H and O–H groups in total. The minimum Gasteiger partial charge on any atom is -0.393 e. The molecule has 1 rings (SSSR count). The normalized spacial score (nSPS) is 22.1. The Balaban J connectivity index is 2.29. The second kappa shape index (κ2) is 4.80. The van der Waals surface area contributed by atoms with Crippen LogP contribution in [-0.4, -0.2) is 4.99 Å². The molecule has 1 fully saturated rings. The molecule has 1 unspecified atom stereocenters. The van der Waals surface area contributed by atoms with E-state index in [9.17, 15) is 0 Å². The van der Waals surface area contributed by atoms with Crippen molar-refractivity contribution in [2.45, 2.75) is 45.4 Å². The van der Waals surface area contributed by atoms with Crippen molar-refractivity contribution in [1.82, 2.24) is 0 Å². The molecule has 0 aromatic carbocycles. The van der Waals surface area contributed by atoms with Crippen molar-refractivity contribution in [3.8, 4) is 0 Å². The van der Waals surface area contributed by atoms with Crippen LogP contribution < -0.4 is 5.73 Å². The summed E-state index contributed by atoms with van der Waals surface area (Å²) in [6, 6.07) is 0. The quantitative estimate of drug-likeness (QED) is 0.684. The first kappa shape index (κ1) is 9.97. The van der Waals surface area contributed by atoms with E-state index in [0.717, 1.165) is 12.3 Å². The van der Waals surface area contributed by atoms with Crippen molar-refractivity contribution in [3.05, 3.63) is 0 Å². The van der Waals surface area contributed by atoms with Gasteiger partial charge in [0.2, 0.25) is 0 Å². The van der Waals surface area contributed by atoms with Crippen molar-refractivity contribution in [3.63, 3.8) is 0 Å². The van der Waals surface area contributed by atoms with E-state index >= 15 is 0 Å². The van der Waals surface area contributed by atoms with Gasteiger partial charge in [-0.2, -0.15) is 0 Å². The van der Waals surface area contributed by atoms with E-state index in [4.69, 9.17) is 18.0 Å². The summed E-state index contributed by atoms with van der Waals surface area (Å²) in [4.78, 5) is 0.688. The molecule has 1 aliphatic carbocycles. The Bertz CT molecular complexity index is 150. The molecule has 0 amide bonds. The first-order chi connectivity index (χ1) is 5.70. The summed E-state index contributed by atoms with van der Waals surface area (Å²) >= 11 is 4.92. The third kappa shape index (κ3) is 3.10. The molecular formula is C10H19NS. The minimum absolute atomic E-state index is 0.688. The van der Waals surface area contributed by atoms with Crippen molar-refractivity contribution in [2.24, 2.45) is 17.6 Å². The topological polar surface area (TPSA) is 26.0 Å². The van der Waals surface area contributed by atoms with E-state index in [1.807, 2.05) is 0 Å². The molecule has 1 atom stereocenters. The molecule has 0 heterocycles. The highest BCUT2D eigenvalue weighted by molar-refractivity contribution is 7.80. The number of hydrogen-bond acceptors (Lipinski definition) is 1. The molecule has 12 heavy (non-hydrogen) atoms. The van der Waals surface area contributed by atoms with Gasteiger partial charge in [0.05, 0.1) is 4.99 Å². The monoisotopic (exact) mass is 185 g/mol. The van der Waals surface area contributed by atoms with Crippen molar-refractivity contribution >= 4 is 17.2 Å². The van der Waals surface area contributed by atoms with Gasteiger partial charge in [-0.1, -0.05) is 51.2 Å². The molecule has 0 aromatic rings. The predicted molar refractivity (Wildman–Crippen MR) is 57.1 cm³/mol. The van der Waals surface area contributed by atoms with Gasteiger partial charge in [-0.3, -0.25) is 0 Å². The second-order valence-corrected chi connectivity index (χ2v) is 4.57. The number of rotatable bonds is 3. The Morgan fingerprint density at radius 3 is 2.50 bits per heavy atom. The van der Waals surface area contributed by atoms with E-state index in [0.29, 0.717) is 10.9 Å². The summed E-state index contributed by atoms with van der Waals surface area (Å²) < 4.78 is 0. The summed E-state index contributed by atoms with van der Waals surface area (Å²) in [6.07, 6.45) is 7.97. The first-order valence-electron chi connectivity index (χ1n) is 4.98. The highest BCUT2D eigenvalue weighted by Gasteiger charge is 2.19. The van der Waals surface area contributed by atoms with Crippen LogP contribution in [0.4, 0.5) is 0 Å². The fourth-order valence-electron chi connectivity index (χ4n) is 2.19. The van der Waals surface area contributed by atoms with Crippen LogP contribution in [0.5, 0.6) is 0 Å². The summed E-state index contributed by atoms with van der Waals surface area (Å²) in [5.74, 6) is 1.60. The standard InChI is InChI=1S/C10H19NS/c1-8(7-10(11)12)9-5-3-2-4-6-9/h8-9H,2-7H2,1H3,(H2,11,12). The van der Waals surface area contributed by atoms with Crippen LogP contribution >= 0.6 is 12.2 Å². The van der Waals surface area contributed by atoms with E-state index in [1.54, 1.807) is 0 Å². The smallest absolute Gasteiger partial charge is 0.0730 e. The van der Waals surface area contributed by atoms with E-state index in [2.05, 4.69) is 6.92 Å². The Kier molecular flexibility index (Phi) is 3.99. The largest absolute Gasteiger partial charge is 0.393 e. The summed E-state index contributed by atoms with van der Waals surface area (Å²) in [7, 11) is 0. The third-order valence-electron chi connectivity index (χ3n) is 2.98. The van der Waals surface area contributed by atoms with Gasteiger partial charge in [0.15, 0.2) is 0 Å². The summed E-state index contributed by atoms with van der Waals surface area (Å²) in [5, 5.41) is 0. The maximum Gasteiger partial charge on any atom is 0.0730 e. The zero-order chi connectivity index (χ0) is 8.97. The van der Waals surface area contributed by atoms with E-state index < -0.39 is 0 Å². The maximum atomic E-state index is 5.53. The minimum atomic E-state index is 0.688. The van der Waals surface area contributed by atoms with Gasteiger partial charge in [-0.05, 0) is 11.8 Å². The third-order valence-corrected chi connectivity index (χ3v) is 3.14. The molecule has 0 aromatic heterocycles. The van der Waals surface area contributed by atoms with Crippen LogP contribution in [0.1, 0.15) is 45.4 Å². The molecule has 1 saturated carbocycles. The summed E-state index contributed by atoms with van der Waals surface area (Å²) in [6.45, 7) is 2.29. The van der Waals surface area contributed by atoms with Gasteiger partial charge in [0.25, 0.3) is 0 Å². The number of thiocarbonyl (C=S) groups is 1. The van der Waals surface area contributed by atoms with Gasteiger partial charge in [0, 0.05) is 6.42 Å². The molecule has 70 valence electrons. The van der Waals surface area contributed by atoms with Gasteiger partial charge >= 0.3 is 0 Å². The Hall–Kier alpha value is -0.110. The van der Waals surface area contributed by atoms with Crippen LogP contribution in [0.15, 0.2) is 0 Å². The van der Waals surface area contributed by atoms with Crippen molar-refractivity contribution in [2.75, 3.05) is 0 Å². The fraction of sp³-hybridized carbons (Fsp3) is 0.900. The van der Waals surface area contributed by atoms with E-state index in [-0.39, 0.29) is 0 Å². The SMILES string of the molecule is CC(CC(N)=S)C1CCCCC1. The van der Waals surface area contributed by atoms with Gasteiger partial charge < -0.3 is 5.73 Å². The fourth-order valence-corrected chi connectivity index (χ4v) is 2.45. The van der Waals surface area contributed by atoms with Crippen LogP contribution in [0.3, 0.4) is 0 Å². The molecule has 0 saturated heterocycles. The molecule has 2 heteroatoms. The number of hydrogen-bond donors (Lipinski definition) is 1. The lowest BCUT2D eigenvalue weighted by Gasteiger charge is -2.27. The zero-order valence-corrected chi connectivity index (χ0v) is 8.70. The average molecular weight is 185 g/mol. The zero-order valence-electron chi connectivity index (χ0n) is 7.88. The molecule has 0 aliphatic heterocycles. The molecule has 0 radical (unpaired) electrons. The van der Waals surface area contributed by atoms with Gasteiger partial charge in [-0.15, -0.1) is 0 Å². The molecule has 0 spiro atoms. The van der Waals surface area contributed by atoms with Crippen LogP contribution in [-0.2, 0) is 0 Å². The second-order valence-electron chi connectivity index (χ2n) is 4.05. The summed E-state index contributed by atoms with van der Waals surface area (Å²) in [5.41, 5.74) is 5.53. The molecular weight excluding hydrogens is 166 g/mol. The maximum absolute atomic E-state index is 5.53. The molecule has 0 bridgehead atoms. The number of nitrogens with two attached hydrogens (primary N) is 1. The average Bonchev–Trinajstić information content (AvgIpc) is 2.05. The van der Waals surface area contributed by atoms with Crippen LogP contribution in [0.2, 0.25) is 0 Å². The van der Waals surface area contributed by atoms with Crippen LogP contribution in [0, 0.1) is 11.8 Å². The Labute approximate surface area is 80.7 Å². The van der Waals surface area contributed by atoms with Crippen molar-refractivity contribution < 1.29 is 0 Å². The highest BCUT2D eigenvalue weighted by Crippen LogP contribution is 2.31. The van der Waals surface area contributed by atoms with Gasteiger partial charge in [-0.25, -0.2) is 0 Å². The molecule has 1 nitrogen and oxygen atoms in total. The van der Waals surface area contributed by atoms with Crippen molar-refractivity contribution in [1.29, 1.82) is 0 Å². The predicted octanol–water partition coefficient (Wildman–Crippen LogP) is 2.88.